The van der Waals surface area contributed by atoms with Gasteiger partial charge in [-0.15, -0.1) is 0 Å². The molecule has 0 aliphatic carbocycles. The van der Waals surface area contributed by atoms with Crippen molar-refractivity contribution < 1.29 is 9.90 Å². The van der Waals surface area contributed by atoms with E-state index in [4.69, 9.17) is 28.5 Å². The van der Waals surface area contributed by atoms with E-state index in [1.807, 2.05) is 6.07 Å². The molecule has 0 heterocycles. The Morgan fingerprint density at radius 2 is 2.04 bits per heavy atom. The van der Waals surface area contributed by atoms with Crippen LogP contribution in [-0.4, -0.2) is 17.4 Å². The maximum atomic E-state index is 11.4. The molecule has 118 valence electrons. The highest BCUT2D eigenvalue weighted by Crippen LogP contribution is 2.27. The number of carbonyl (C=O) groups excluding carboxylic acids is 1. The van der Waals surface area contributed by atoms with Crippen LogP contribution >= 0.6 is 23.2 Å². The normalized spacial score (nSPS) is 11.6. The molecule has 1 atom stereocenters. The Bertz CT molecular complexity index is 785. The first kappa shape index (κ1) is 17.3. The number of nitrogens with zero attached hydrogens (tertiary/aromatic N) is 1. The lowest BCUT2D eigenvalue weighted by Crippen LogP contribution is -2.13. The summed E-state index contributed by atoms with van der Waals surface area (Å²) >= 11 is 11.9. The summed E-state index contributed by atoms with van der Waals surface area (Å²) in [6, 6.07) is 11.6. The highest BCUT2D eigenvalue weighted by atomic mass is 35.5. The van der Waals surface area contributed by atoms with Crippen molar-refractivity contribution in [2.24, 2.45) is 0 Å². The molecular formula is C17H14Cl2N2O2. The minimum atomic E-state index is -0.882. The SMILES string of the molecule is CC(=O)c1ccc(C#N)c(NCC(O)c2ccc(Cl)cc2Cl)c1. The third kappa shape index (κ3) is 4.23. The minimum absolute atomic E-state index is 0.0983. The van der Waals surface area contributed by atoms with Crippen LogP contribution in [0.3, 0.4) is 0 Å². The third-order valence-electron chi connectivity index (χ3n) is 3.35. The van der Waals surface area contributed by atoms with E-state index in [0.717, 1.165) is 0 Å². The van der Waals surface area contributed by atoms with Gasteiger partial charge in [-0.05, 0) is 37.3 Å². The Morgan fingerprint density at radius 1 is 1.30 bits per heavy atom. The van der Waals surface area contributed by atoms with E-state index in [0.29, 0.717) is 32.4 Å². The molecule has 0 bridgehead atoms. The zero-order valence-corrected chi connectivity index (χ0v) is 13.8. The lowest BCUT2D eigenvalue weighted by molar-refractivity contribution is 0.101. The van der Waals surface area contributed by atoms with Crippen LogP contribution in [0.15, 0.2) is 36.4 Å². The van der Waals surface area contributed by atoms with Crippen molar-refractivity contribution >= 4 is 34.7 Å². The fourth-order valence-electron chi connectivity index (χ4n) is 2.10. The van der Waals surface area contributed by atoms with Crippen LogP contribution in [0.25, 0.3) is 0 Å². The first-order chi connectivity index (χ1) is 10.9. The molecule has 2 rings (SSSR count). The van der Waals surface area contributed by atoms with Gasteiger partial charge in [0.15, 0.2) is 5.78 Å². The van der Waals surface area contributed by atoms with Gasteiger partial charge in [0.2, 0.25) is 0 Å². The van der Waals surface area contributed by atoms with Crippen molar-refractivity contribution in [3.05, 3.63) is 63.1 Å². The maximum Gasteiger partial charge on any atom is 0.159 e. The number of aliphatic hydroxyl groups is 1. The molecular weight excluding hydrogens is 335 g/mol. The van der Waals surface area contributed by atoms with E-state index in [-0.39, 0.29) is 12.3 Å². The van der Waals surface area contributed by atoms with E-state index < -0.39 is 6.10 Å². The fourth-order valence-corrected chi connectivity index (χ4v) is 2.63. The van der Waals surface area contributed by atoms with Gasteiger partial charge in [0.25, 0.3) is 0 Å². The summed E-state index contributed by atoms with van der Waals surface area (Å²) in [6.45, 7) is 1.59. The number of anilines is 1. The average molecular weight is 349 g/mol. The molecule has 0 fully saturated rings. The van der Waals surface area contributed by atoms with Crippen molar-refractivity contribution in [2.75, 3.05) is 11.9 Å². The number of hydrogen-bond acceptors (Lipinski definition) is 4. The first-order valence-electron chi connectivity index (χ1n) is 6.84. The molecule has 0 radical (unpaired) electrons. The van der Waals surface area contributed by atoms with Crippen LogP contribution in [0.1, 0.15) is 34.5 Å². The second kappa shape index (κ2) is 7.47. The van der Waals surface area contributed by atoms with Gasteiger partial charge in [-0.1, -0.05) is 29.3 Å². The molecule has 0 aromatic heterocycles. The number of ketones is 1. The number of benzene rings is 2. The molecule has 0 aliphatic rings. The molecule has 0 aliphatic heterocycles. The number of Topliss-reactive ketones (excluding diaryl/α,β-unsaturated/α-hetero) is 1. The Kier molecular flexibility index (Phi) is 5.62. The molecule has 1 unspecified atom stereocenters. The van der Waals surface area contributed by atoms with Gasteiger partial charge in [0, 0.05) is 27.7 Å². The molecule has 0 saturated heterocycles. The maximum absolute atomic E-state index is 11.4. The number of aliphatic hydroxyl groups excluding tert-OH is 1. The van der Waals surface area contributed by atoms with E-state index in [2.05, 4.69) is 5.32 Å². The van der Waals surface area contributed by atoms with Crippen molar-refractivity contribution in [1.82, 2.24) is 0 Å². The lowest BCUT2D eigenvalue weighted by Gasteiger charge is -2.16. The quantitative estimate of drug-likeness (QED) is 0.793. The lowest BCUT2D eigenvalue weighted by atomic mass is 10.1. The van der Waals surface area contributed by atoms with Crippen molar-refractivity contribution in [3.8, 4) is 6.07 Å². The number of halogens is 2. The predicted octanol–water partition coefficient (Wildman–Crippen LogP) is 4.21. The molecule has 0 saturated carbocycles. The molecule has 0 spiro atoms. The van der Waals surface area contributed by atoms with Crippen LogP contribution in [0.2, 0.25) is 10.0 Å². The van der Waals surface area contributed by atoms with Gasteiger partial charge in [-0.3, -0.25) is 4.79 Å². The van der Waals surface area contributed by atoms with Crippen LogP contribution in [0.5, 0.6) is 0 Å². The Labute approximate surface area is 144 Å². The van der Waals surface area contributed by atoms with Crippen LogP contribution in [0.4, 0.5) is 5.69 Å². The molecule has 0 amide bonds. The Hall–Kier alpha value is -2.06. The third-order valence-corrected chi connectivity index (χ3v) is 3.92. The summed E-state index contributed by atoms with van der Waals surface area (Å²) in [5.74, 6) is -0.0983. The molecule has 2 aromatic rings. The smallest absolute Gasteiger partial charge is 0.159 e. The summed E-state index contributed by atoms with van der Waals surface area (Å²) in [5, 5.41) is 23.2. The largest absolute Gasteiger partial charge is 0.387 e. The summed E-state index contributed by atoms with van der Waals surface area (Å²) in [4.78, 5) is 11.4. The molecule has 23 heavy (non-hydrogen) atoms. The van der Waals surface area contributed by atoms with E-state index >= 15 is 0 Å². The highest BCUT2D eigenvalue weighted by Gasteiger charge is 2.13. The molecule has 4 nitrogen and oxygen atoms in total. The van der Waals surface area contributed by atoms with Gasteiger partial charge in [-0.25, -0.2) is 0 Å². The molecule has 2 N–H and O–H groups in total. The van der Waals surface area contributed by atoms with Gasteiger partial charge in [0.1, 0.15) is 6.07 Å². The number of hydrogen-bond donors (Lipinski definition) is 2. The van der Waals surface area contributed by atoms with Gasteiger partial charge in [0.05, 0.1) is 17.4 Å². The van der Waals surface area contributed by atoms with E-state index in [1.54, 1.807) is 36.4 Å². The van der Waals surface area contributed by atoms with Gasteiger partial charge >= 0.3 is 0 Å². The monoisotopic (exact) mass is 348 g/mol. The van der Waals surface area contributed by atoms with Gasteiger partial charge < -0.3 is 10.4 Å². The zero-order chi connectivity index (χ0) is 17.0. The first-order valence-corrected chi connectivity index (χ1v) is 7.60. The summed E-state index contributed by atoms with van der Waals surface area (Å²) in [7, 11) is 0. The second-order valence-corrected chi connectivity index (χ2v) is 5.83. The fraction of sp³-hybridized carbons (Fsp3) is 0.176. The second-order valence-electron chi connectivity index (χ2n) is 4.99. The summed E-state index contributed by atoms with van der Waals surface area (Å²) < 4.78 is 0. The van der Waals surface area contributed by atoms with E-state index in [9.17, 15) is 9.90 Å². The van der Waals surface area contributed by atoms with Crippen molar-refractivity contribution in [1.29, 1.82) is 5.26 Å². The van der Waals surface area contributed by atoms with Crippen molar-refractivity contribution in [3.63, 3.8) is 0 Å². The average Bonchev–Trinajstić information content (AvgIpc) is 2.52. The molecule has 6 heteroatoms. The zero-order valence-electron chi connectivity index (χ0n) is 12.3. The van der Waals surface area contributed by atoms with Gasteiger partial charge in [-0.2, -0.15) is 5.26 Å². The van der Waals surface area contributed by atoms with E-state index in [1.165, 1.54) is 6.92 Å². The Balaban J connectivity index is 2.18. The molecule has 2 aromatic carbocycles. The number of carbonyl (C=O) groups is 1. The predicted molar refractivity (Wildman–Crippen MR) is 91.1 cm³/mol. The highest BCUT2D eigenvalue weighted by molar-refractivity contribution is 6.35. The number of nitrogens with one attached hydrogen (secondary N) is 1. The summed E-state index contributed by atoms with van der Waals surface area (Å²) in [6.07, 6.45) is -0.882. The van der Waals surface area contributed by atoms with Crippen LogP contribution in [0, 0.1) is 11.3 Å². The minimum Gasteiger partial charge on any atom is -0.387 e. The van der Waals surface area contributed by atoms with Crippen LogP contribution < -0.4 is 5.32 Å². The topological polar surface area (TPSA) is 73.1 Å². The standard InChI is InChI=1S/C17H14Cl2N2O2/c1-10(22)11-2-3-12(8-20)16(6-11)21-9-17(23)14-5-4-13(18)7-15(14)19/h2-7,17,21,23H,9H2,1H3. The Morgan fingerprint density at radius 3 is 2.65 bits per heavy atom. The number of nitriles is 1. The summed E-state index contributed by atoms with van der Waals surface area (Å²) in [5.41, 5.74) is 1.91. The van der Waals surface area contributed by atoms with Crippen molar-refractivity contribution in [2.45, 2.75) is 13.0 Å². The number of rotatable bonds is 5. The van der Waals surface area contributed by atoms with Crippen LogP contribution in [-0.2, 0) is 0 Å².